The third kappa shape index (κ3) is 3.07. The first-order valence-corrected chi connectivity index (χ1v) is 9.07. The van der Waals surface area contributed by atoms with Gasteiger partial charge in [-0.3, -0.25) is 9.36 Å². The fourth-order valence-electron chi connectivity index (χ4n) is 3.52. The summed E-state index contributed by atoms with van der Waals surface area (Å²) in [5.74, 6) is -0.402. The molecule has 1 N–H and O–H groups in total. The van der Waals surface area contributed by atoms with Crippen LogP contribution < -0.4 is 0 Å². The number of aryl methyl sites for hydroxylation is 1. The number of benzene rings is 2. The molecular weight excluding hydrogens is 342 g/mol. The van der Waals surface area contributed by atoms with Gasteiger partial charge in [-0.15, -0.1) is 0 Å². The summed E-state index contributed by atoms with van der Waals surface area (Å²) in [6.07, 6.45) is 1.71. The van der Waals surface area contributed by atoms with Gasteiger partial charge in [0, 0.05) is 17.3 Å². The molecule has 3 aromatic rings. The molecular formula is C21H21N3O3. The fraction of sp³-hybridized carbons (Fsp3) is 0.286. The lowest BCUT2D eigenvalue weighted by atomic mass is 10.1. The molecule has 27 heavy (non-hydrogen) atoms. The number of hydrogen-bond donors (Lipinski definition) is 1. The van der Waals surface area contributed by atoms with Crippen molar-refractivity contribution in [1.82, 2.24) is 14.5 Å². The number of fused-ring (bicyclic) bond motifs is 1. The lowest BCUT2D eigenvalue weighted by Gasteiger charge is -2.26. The van der Waals surface area contributed by atoms with E-state index < -0.39 is 12.0 Å². The summed E-state index contributed by atoms with van der Waals surface area (Å²) >= 11 is 0. The Hall–Kier alpha value is -3.15. The topological polar surface area (TPSA) is 75.4 Å². The van der Waals surface area contributed by atoms with Crippen LogP contribution in [0, 0.1) is 6.92 Å². The lowest BCUT2D eigenvalue weighted by Crippen LogP contribution is -2.44. The van der Waals surface area contributed by atoms with Gasteiger partial charge in [0.05, 0.1) is 11.0 Å². The minimum atomic E-state index is -0.986. The average Bonchev–Trinajstić information content (AvgIpc) is 3.43. The summed E-state index contributed by atoms with van der Waals surface area (Å²) < 4.78 is 2.04. The molecule has 1 heterocycles. The molecule has 138 valence electrons. The molecule has 0 saturated heterocycles. The van der Waals surface area contributed by atoms with Gasteiger partial charge >= 0.3 is 5.97 Å². The molecule has 6 nitrogen and oxygen atoms in total. The number of nitrogens with zero attached hydrogens (tertiary/aromatic N) is 3. The standard InChI is InChI=1S/C21H21N3O3/c1-13(21(26)27)23(17-9-10-17)20(25)15-8-11-19-18(12-15)22-14(2)24(19)16-6-4-3-5-7-16/h3-8,11-13,17H,9-10H2,1-2H3,(H,26,27). The Kier molecular flexibility index (Phi) is 4.18. The van der Waals surface area contributed by atoms with Crippen molar-refractivity contribution in [2.75, 3.05) is 0 Å². The molecule has 1 aromatic heterocycles. The summed E-state index contributed by atoms with van der Waals surface area (Å²) in [5.41, 5.74) is 3.12. The first kappa shape index (κ1) is 17.3. The highest BCUT2D eigenvalue weighted by molar-refractivity contribution is 5.99. The van der Waals surface area contributed by atoms with Crippen LogP contribution in [0.4, 0.5) is 0 Å². The van der Waals surface area contributed by atoms with Crippen LogP contribution in [0.3, 0.4) is 0 Å². The van der Waals surface area contributed by atoms with Crippen LogP contribution in [0.25, 0.3) is 16.7 Å². The van der Waals surface area contributed by atoms with Crippen molar-refractivity contribution >= 4 is 22.9 Å². The summed E-state index contributed by atoms with van der Waals surface area (Å²) in [6.45, 7) is 3.49. The zero-order valence-corrected chi connectivity index (χ0v) is 15.3. The third-order valence-electron chi connectivity index (χ3n) is 5.03. The monoisotopic (exact) mass is 363 g/mol. The van der Waals surface area contributed by atoms with Crippen molar-refractivity contribution < 1.29 is 14.7 Å². The molecule has 6 heteroatoms. The van der Waals surface area contributed by atoms with Gasteiger partial charge in [-0.25, -0.2) is 9.78 Å². The van der Waals surface area contributed by atoms with E-state index in [9.17, 15) is 14.7 Å². The van der Waals surface area contributed by atoms with Gasteiger partial charge in [0.25, 0.3) is 5.91 Å². The number of carboxylic acids is 1. The molecule has 0 aliphatic heterocycles. The molecule has 0 bridgehead atoms. The predicted octanol–water partition coefficient (Wildman–Crippen LogP) is 3.41. The lowest BCUT2D eigenvalue weighted by molar-refractivity contribution is -0.141. The zero-order valence-electron chi connectivity index (χ0n) is 15.3. The third-order valence-corrected chi connectivity index (χ3v) is 5.03. The Morgan fingerprint density at radius 2 is 1.89 bits per heavy atom. The highest BCUT2D eigenvalue weighted by atomic mass is 16.4. The molecule has 1 amide bonds. The number of carbonyl (C=O) groups is 2. The van der Waals surface area contributed by atoms with Crippen LogP contribution in [0.1, 0.15) is 35.9 Å². The molecule has 0 spiro atoms. The predicted molar refractivity (Wildman–Crippen MR) is 102 cm³/mol. The minimum absolute atomic E-state index is 0.0166. The summed E-state index contributed by atoms with van der Waals surface area (Å²) in [5, 5.41) is 9.35. The van der Waals surface area contributed by atoms with E-state index in [0.717, 1.165) is 35.4 Å². The maximum Gasteiger partial charge on any atom is 0.326 e. The molecule has 1 saturated carbocycles. The fourth-order valence-corrected chi connectivity index (χ4v) is 3.52. The van der Waals surface area contributed by atoms with Crippen molar-refractivity contribution in [3.63, 3.8) is 0 Å². The maximum atomic E-state index is 13.0. The van der Waals surface area contributed by atoms with Crippen LogP contribution in [-0.2, 0) is 4.79 Å². The number of aliphatic carboxylic acids is 1. The highest BCUT2D eigenvalue weighted by Gasteiger charge is 2.38. The van der Waals surface area contributed by atoms with Crippen LogP contribution in [0.5, 0.6) is 0 Å². The van der Waals surface area contributed by atoms with E-state index in [1.165, 1.54) is 4.90 Å². The molecule has 1 fully saturated rings. The molecule has 1 aliphatic rings. The quantitative estimate of drug-likeness (QED) is 0.754. The first-order valence-electron chi connectivity index (χ1n) is 9.07. The Morgan fingerprint density at radius 1 is 1.19 bits per heavy atom. The minimum Gasteiger partial charge on any atom is -0.480 e. The second kappa shape index (κ2) is 6.54. The molecule has 4 rings (SSSR count). The number of aromatic nitrogens is 2. The Morgan fingerprint density at radius 3 is 2.52 bits per heavy atom. The van der Waals surface area contributed by atoms with E-state index in [1.807, 2.05) is 47.9 Å². The van der Waals surface area contributed by atoms with Crippen molar-refractivity contribution in [2.45, 2.75) is 38.8 Å². The van der Waals surface area contributed by atoms with E-state index >= 15 is 0 Å². The van der Waals surface area contributed by atoms with E-state index in [-0.39, 0.29) is 11.9 Å². The van der Waals surface area contributed by atoms with E-state index in [4.69, 9.17) is 0 Å². The number of carboxylic acid groups (broad SMARTS) is 1. The van der Waals surface area contributed by atoms with Gasteiger partial charge in [-0.05, 0) is 57.0 Å². The van der Waals surface area contributed by atoms with Crippen molar-refractivity contribution in [3.8, 4) is 5.69 Å². The summed E-state index contributed by atoms with van der Waals surface area (Å²) in [4.78, 5) is 30.5. The van der Waals surface area contributed by atoms with Crippen molar-refractivity contribution in [3.05, 3.63) is 59.9 Å². The van der Waals surface area contributed by atoms with Gasteiger partial charge < -0.3 is 10.0 Å². The highest BCUT2D eigenvalue weighted by Crippen LogP contribution is 2.31. The average molecular weight is 363 g/mol. The van der Waals surface area contributed by atoms with Gasteiger partial charge in [-0.2, -0.15) is 0 Å². The number of hydrogen-bond acceptors (Lipinski definition) is 3. The van der Waals surface area contributed by atoms with Crippen molar-refractivity contribution in [2.24, 2.45) is 0 Å². The Balaban J connectivity index is 1.74. The van der Waals surface area contributed by atoms with Crippen LogP contribution in [-0.4, -0.2) is 43.5 Å². The first-order chi connectivity index (χ1) is 13.0. The van der Waals surface area contributed by atoms with Crippen molar-refractivity contribution in [1.29, 1.82) is 0 Å². The molecule has 1 unspecified atom stereocenters. The van der Waals surface area contributed by atoms with E-state index in [2.05, 4.69) is 4.98 Å². The second-order valence-corrected chi connectivity index (χ2v) is 6.99. The Labute approximate surface area is 157 Å². The summed E-state index contributed by atoms with van der Waals surface area (Å²) in [7, 11) is 0. The smallest absolute Gasteiger partial charge is 0.326 e. The molecule has 1 atom stereocenters. The number of amides is 1. The number of imidazole rings is 1. The van der Waals surface area contributed by atoms with E-state index in [1.54, 1.807) is 19.1 Å². The summed E-state index contributed by atoms with van der Waals surface area (Å²) in [6, 6.07) is 14.5. The maximum absolute atomic E-state index is 13.0. The SMILES string of the molecule is Cc1nc2cc(C(=O)N(C3CC3)C(C)C(=O)O)ccc2n1-c1ccccc1. The van der Waals surface area contributed by atoms with Crippen LogP contribution in [0.15, 0.2) is 48.5 Å². The van der Waals surface area contributed by atoms with Crippen LogP contribution >= 0.6 is 0 Å². The largest absolute Gasteiger partial charge is 0.480 e. The van der Waals surface area contributed by atoms with Gasteiger partial charge in [-0.1, -0.05) is 18.2 Å². The second-order valence-electron chi connectivity index (χ2n) is 6.99. The molecule has 1 aliphatic carbocycles. The normalized spacial score (nSPS) is 14.9. The number of para-hydroxylation sites is 1. The molecule has 0 radical (unpaired) electrons. The number of carbonyl (C=O) groups excluding carboxylic acids is 1. The Bertz CT molecular complexity index is 1020. The molecule has 2 aromatic carbocycles. The number of rotatable bonds is 5. The zero-order chi connectivity index (χ0) is 19.1. The van der Waals surface area contributed by atoms with E-state index in [0.29, 0.717) is 5.56 Å². The van der Waals surface area contributed by atoms with Gasteiger partial charge in [0.15, 0.2) is 0 Å². The van der Waals surface area contributed by atoms with Gasteiger partial charge in [0.1, 0.15) is 11.9 Å². The van der Waals surface area contributed by atoms with Gasteiger partial charge in [0.2, 0.25) is 0 Å². The van der Waals surface area contributed by atoms with Crippen LogP contribution in [0.2, 0.25) is 0 Å².